The standard InChI is InChI=1S/3C6H5.2C2H4O2.Bi/c3*1-2-4-6-5-3-1;2*1-2(3)4;/h3*1-5H;2*1H3,(H,3,4);. The average Bonchev–Trinajstić information content (AvgIpc) is 2.64. The summed E-state index contributed by atoms with van der Waals surface area (Å²) in [6.07, 6.45) is 0. The maximum absolute atomic E-state index is 9.00. The molecule has 0 spiro atoms. The molecule has 3 aromatic rings. The van der Waals surface area contributed by atoms with Crippen molar-refractivity contribution in [3.63, 3.8) is 0 Å². The van der Waals surface area contributed by atoms with E-state index < -0.39 is 33.7 Å². The van der Waals surface area contributed by atoms with Gasteiger partial charge < -0.3 is 10.2 Å². The minimum atomic E-state index is -2.06. The average molecular weight is 560 g/mol. The van der Waals surface area contributed by atoms with Crippen molar-refractivity contribution in [1.82, 2.24) is 0 Å². The van der Waals surface area contributed by atoms with Crippen molar-refractivity contribution in [2.75, 3.05) is 0 Å². The van der Waals surface area contributed by atoms with E-state index >= 15 is 0 Å². The zero-order valence-corrected chi connectivity index (χ0v) is 18.8. The zero-order chi connectivity index (χ0) is 20.1. The van der Waals surface area contributed by atoms with E-state index in [1.54, 1.807) is 0 Å². The second-order valence-corrected chi connectivity index (χ2v) is 14.0. The summed E-state index contributed by atoms with van der Waals surface area (Å²) in [6.45, 7) is 2.17. The van der Waals surface area contributed by atoms with Gasteiger partial charge in [-0.05, 0) is 0 Å². The molecule has 0 amide bonds. The van der Waals surface area contributed by atoms with Gasteiger partial charge in [0.05, 0.1) is 0 Å². The zero-order valence-electron chi connectivity index (χ0n) is 15.3. The predicted octanol–water partition coefficient (Wildman–Crippen LogP) is 2.38. The van der Waals surface area contributed by atoms with Crippen LogP contribution in [0.3, 0.4) is 0 Å². The molecule has 0 saturated carbocycles. The molecule has 5 heteroatoms. The second-order valence-electron chi connectivity index (χ2n) is 5.38. The Morgan fingerprint density at radius 1 is 0.556 bits per heavy atom. The van der Waals surface area contributed by atoms with Crippen LogP contribution < -0.4 is 9.81 Å². The van der Waals surface area contributed by atoms with E-state index in [9.17, 15) is 0 Å². The van der Waals surface area contributed by atoms with Gasteiger partial charge in [-0.15, -0.1) is 0 Å². The van der Waals surface area contributed by atoms with Crippen LogP contribution in [-0.4, -0.2) is 43.9 Å². The molecule has 4 nitrogen and oxygen atoms in total. The number of rotatable bonds is 3. The third-order valence-electron chi connectivity index (χ3n) is 3.04. The van der Waals surface area contributed by atoms with Crippen molar-refractivity contribution in [3.05, 3.63) is 91.0 Å². The SMILES string of the molecule is CC(=O)O.CC(=O)O.c1cc[c]([Bi]([c]2ccccc2)[c]2ccccc2)cc1. The Balaban J connectivity index is 0.000000390. The summed E-state index contributed by atoms with van der Waals surface area (Å²) >= 11 is -2.06. The molecule has 0 aromatic heterocycles. The Morgan fingerprint density at radius 2 is 0.741 bits per heavy atom. The Hall–Kier alpha value is -2.52. The molecule has 0 bridgehead atoms. The predicted molar refractivity (Wildman–Crippen MR) is 111 cm³/mol. The Morgan fingerprint density at radius 3 is 0.926 bits per heavy atom. The Kier molecular flexibility index (Phi) is 10.7. The van der Waals surface area contributed by atoms with E-state index in [2.05, 4.69) is 91.0 Å². The van der Waals surface area contributed by atoms with Gasteiger partial charge in [-0.3, -0.25) is 9.59 Å². The van der Waals surface area contributed by atoms with Crippen LogP contribution in [0.2, 0.25) is 0 Å². The van der Waals surface area contributed by atoms with Gasteiger partial charge in [0.15, 0.2) is 0 Å². The van der Waals surface area contributed by atoms with Crippen LogP contribution in [0.25, 0.3) is 0 Å². The molecule has 27 heavy (non-hydrogen) atoms. The molecule has 3 rings (SSSR count). The maximum atomic E-state index is 9.00. The summed E-state index contributed by atoms with van der Waals surface area (Å²) in [5.74, 6) is -1.67. The van der Waals surface area contributed by atoms with E-state index in [4.69, 9.17) is 19.8 Å². The van der Waals surface area contributed by atoms with Crippen LogP contribution in [0.1, 0.15) is 13.8 Å². The van der Waals surface area contributed by atoms with Crippen molar-refractivity contribution in [1.29, 1.82) is 0 Å². The Labute approximate surface area is 167 Å². The first-order valence-corrected chi connectivity index (χ1v) is 13.5. The van der Waals surface area contributed by atoms with E-state index in [1.165, 1.54) is 9.81 Å². The quantitative estimate of drug-likeness (QED) is 0.483. The normalized spacial score (nSPS) is 9.30. The summed E-state index contributed by atoms with van der Waals surface area (Å²) in [4.78, 5) is 18.0. The van der Waals surface area contributed by atoms with Crippen molar-refractivity contribution in [2.45, 2.75) is 13.8 Å². The van der Waals surface area contributed by atoms with Crippen molar-refractivity contribution in [2.24, 2.45) is 0 Å². The van der Waals surface area contributed by atoms with Gasteiger partial charge in [-0.25, -0.2) is 0 Å². The van der Waals surface area contributed by atoms with Crippen LogP contribution in [0.4, 0.5) is 0 Å². The van der Waals surface area contributed by atoms with Gasteiger partial charge in [0.1, 0.15) is 0 Å². The van der Waals surface area contributed by atoms with Gasteiger partial charge >= 0.3 is 123 Å². The van der Waals surface area contributed by atoms with Crippen LogP contribution in [0.15, 0.2) is 91.0 Å². The van der Waals surface area contributed by atoms with E-state index in [0.29, 0.717) is 0 Å². The second kappa shape index (κ2) is 12.8. The van der Waals surface area contributed by atoms with Crippen LogP contribution >= 0.6 is 0 Å². The number of hydrogen-bond acceptors (Lipinski definition) is 2. The number of aliphatic carboxylic acids is 2. The van der Waals surface area contributed by atoms with Crippen LogP contribution in [0.5, 0.6) is 0 Å². The molecule has 140 valence electrons. The molecule has 0 aliphatic heterocycles. The first-order valence-electron chi connectivity index (χ1n) is 8.26. The molecular formula is C22H23BiO4. The number of carboxylic acid groups (broad SMARTS) is 2. The molecule has 0 unspecified atom stereocenters. The van der Waals surface area contributed by atoms with Crippen molar-refractivity contribution >= 4 is 43.5 Å². The minimum absolute atomic E-state index is 0.833. The van der Waals surface area contributed by atoms with Crippen LogP contribution in [-0.2, 0) is 9.59 Å². The van der Waals surface area contributed by atoms with Crippen LogP contribution in [0, 0.1) is 0 Å². The number of hydrogen-bond donors (Lipinski definition) is 2. The third kappa shape index (κ3) is 9.67. The summed E-state index contributed by atoms with van der Waals surface area (Å²) < 4.78 is 4.61. The summed E-state index contributed by atoms with van der Waals surface area (Å²) in [5, 5.41) is 14.8. The first-order chi connectivity index (χ1) is 12.9. The molecule has 3 aromatic carbocycles. The fourth-order valence-corrected chi connectivity index (χ4v) is 11.1. The Bertz CT molecular complexity index is 692. The molecule has 0 aliphatic rings. The molecule has 0 atom stereocenters. The monoisotopic (exact) mass is 560 g/mol. The van der Waals surface area contributed by atoms with Gasteiger partial charge in [0.2, 0.25) is 0 Å². The topological polar surface area (TPSA) is 74.6 Å². The van der Waals surface area contributed by atoms with Gasteiger partial charge in [-0.1, -0.05) is 0 Å². The molecule has 0 heterocycles. The van der Waals surface area contributed by atoms with E-state index in [0.717, 1.165) is 13.8 Å². The molecule has 0 aliphatic carbocycles. The van der Waals surface area contributed by atoms with Crippen molar-refractivity contribution in [3.8, 4) is 0 Å². The fraction of sp³-hybridized carbons (Fsp3) is 0.0909. The van der Waals surface area contributed by atoms with E-state index in [-0.39, 0.29) is 0 Å². The molecular weight excluding hydrogens is 537 g/mol. The molecule has 0 radical (unpaired) electrons. The van der Waals surface area contributed by atoms with Crippen molar-refractivity contribution < 1.29 is 19.8 Å². The summed E-state index contributed by atoms with van der Waals surface area (Å²) in [5.41, 5.74) is 0. The number of carboxylic acids is 2. The van der Waals surface area contributed by atoms with Gasteiger partial charge in [-0.2, -0.15) is 0 Å². The van der Waals surface area contributed by atoms with E-state index in [1.807, 2.05) is 0 Å². The molecule has 2 N–H and O–H groups in total. The summed E-state index contributed by atoms with van der Waals surface area (Å²) in [7, 11) is 0. The van der Waals surface area contributed by atoms with Gasteiger partial charge in [0.25, 0.3) is 11.9 Å². The fourth-order valence-electron chi connectivity index (χ4n) is 2.18. The number of benzene rings is 3. The third-order valence-corrected chi connectivity index (χ3v) is 12.5. The number of carbonyl (C=O) groups is 2. The summed E-state index contributed by atoms with van der Waals surface area (Å²) in [6, 6.07) is 33.0. The first kappa shape index (κ1) is 22.5. The molecule has 0 fully saturated rings. The van der Waals surface area contributed by atoms with Gasteiger partial charge in [0, 0.05) is 13.8 Å². The molecule has 0 saturated heterocycles.